The molecule has 0 aromatic heterocycles. The smallest absolute Gasteiger partial charge is 0.322 e. The van der Waals surface area contributed by atoms with E-state index >= 15 is 0 Å². The van der Waals surface area contributed by atoms with E-state index in [2.05, 4.69) is 0 Å². The molecule has 0 rings (SSSR count). The topological polar surface area (TPSA) is 57.5 Å². The van der Waals surface area contributed by atoms with Crippen LogP contribution in [0.1, 0.15) is 0 Å². The molecule has 0 aromatic carbocycles. The van der Waals surface area contributed by atoms with Gasteiger partial charge in [-0.25, -0.2) is 0 Å². The summed E-state index contributed by atoms with van der Waals surface area (Å²) in [6.45, 7) is 0.854. The quantitative estimate of drug-likeness (QED) is 0.382. The van der Waals surface area contributed by atoms with Crippen LogP contribution in [0, 0.1) is 0 Å². The Morgan fingerprint density at radius 2 is 1.50 bits per heavy atom. The summed E-state index contributed by atoms with van der Waals surface area (Å²) in [7, 11) is -3.64. The van der Waals surface area contributed by atoms with E-state index in [1.807, 2.05) is 0 Å². The van der Waals surface area contributed by atoms with Crippen LogP contribution in [0.3, 0.4) is 0 Å². The maximum Gasteiger partial charge on any atom is 0.322 e. The van der Waals surface area contributed by atoms with E-state index in [0.29, 0.717) is 0 Å². The number of hydrogen-bond acceptors (Lipinski definition) is 1. The third kappa shape index (κ3) is 114. The molecule has 0 spiro atoms. The van der Waals surface area contributed by atoms with Crippen molar-refractivity contribution in [2.45, 2.75) is 0 Å². The molecule has 0 atom stereocenters. The first-order valence-corrected chi connectivity index (χ1v) is 3.09. The van der Waals surface area contributed by atoms with Gasteiger partial charge in [0.2, 0.25) is 0 Å². The zero-order chi connectivity index (χ0) is 4.50. The average Bonchev–Trinajstić information content (AvgIpc) is 0.722. The van der Waals surface area contributed by atoms with Crippen LogP contribution in [0.25, 0.3) is 0 Å². The molecule has 5 heteroatoms. The van der Waals surface area contributed by atoms with Gasteiger partial charge in [0.15, 0.2) is 0 Å². The first-order valence-electron chi connectivity index (χ1n) is 1.03. The van der Waals surface area contributed by atoms with Crippen LogP contribution in [0.15, 0.2) is 0 Å². The summed E-state index contributed by atoms with van der Waals surface area (Å²) < 4.78 is 9.33. The summed E-state index contributed by atoms with van der Waals surface area (Å²) in [6.07, 6.45) is 0. The zero-order valence-corrected chi connectivity index (χ0v) is 7.32. The summed E-state index contributed by atoms with van der Waals surface area (Å²) in [5.74, 6) is 0. The predicted molar refractivity (Wildman–Crippen MR) is 18.0 cm³/mol. The SMILES string of the molecule is CP(=O)(O)O.[Zn]. The van der Waals surface area contributed by atoms with Gasteiger partial charge >= 0.3 is 7.60 Å². The second-order valence-corrected chi connectivity index (χ2v) is 2.51. The van der Waals surface area contributed by atoms with Crippen LogP contribution in [-0.2, 0) is 24.0 Å². The fraction of sp³-hybridized carbons (Fsp3) is 1.00. The monoisotopic (exact) mass is 160 g/mol. The van der Waals surface area contributed by atoms with E-state index in [0.717, 1.165) is 6.66 Å². The van der Waals surface area contributed by atoms with Crippen LogP contribution in [0.2, 0.25) is 0 Å². The number of rotatable bonds is 0. The Labute approximate surface area is 48.7 Å². The van der Waals surface area contributed by atoms with Gasteiger partial charge in [-0.15, -0.1) is 0 Å². The van der Waals surface area contributed by atoms with Gasteiger partial charge in [-0.1, -0.05) is 0 Å². The third-order valence-corrected chi connectivity index (χ3v) is 0. The normalized spacial score (nSPS) is 9.83. The minimum Gasteiger partial charge on any atom is -0.325 e. The van der Waals surface area contributed by atoms with Crippen molar-refractivity contribution in [1.29, 1.82) is 0 Å². The van der Waals surface area contributed by atoms with E-state index in [9.17, 15) is 4.57 Å². The van der Waals surface area contributed by atoms with Crippen LogP contribution in [0.4, 0.5) is 0 Å². The molecule has 0 heterocycles. The maximum absolute atomic E-state index is 9.33. The summed E-state index contributed by atoms with van der Waals surface area (Å²) in [5.41, 5.74) is 0. The Balaban J connectivity index is 0. The van der Waals surface area contributed by atoms with Crippen molar-refractivity contribution in [3.63, 3.8) is 0 Å². The van der Waals surface area contributed by atoms with Crippen molar-refractivity contribution in [2.24, 2.45) is 0 Å². The van der Waals surface area contributed by atoms with Gasteiger partial charge in [0.1, 0.15) is 0 Å². The molecule has 0 saturated heterocycles. The van der Waals surface area contributed by atoms with E-state index in [1.54, 1.807) is 0 Å². The van der Waals surface area contributed by atoms with E-state index in [1.165, 1.54) is 0 Å². The third-order valence-electron chi connectivity index (χ3n) is 0. The number of hydrogen-bond donors (Lipinski definition) is 2. The largest absolute Gasteiger partial charge is 0.325 e. The molecule has 0 unspecified atom stereocenters. The van der Waals surface area contributed by atoms with Gasteiger partial charge < -0.3 is 9.79 Å². The first kappa shape index (κ1) is 9.91. The molecule has 34 valence electrons. The van der Waals surface area contributed by atoms with Crippen LogP contribution in [-0.4, -0.2) is 16.5 Å². The molecule has 0 bridgehead atoms. The van der Waals surface area contributed by atoms with Gasteiger partial charge in [0.25, 0.3) is 0 Å². The summed E-state index contributed by atoms with van der Waals surface area (Å²) >= 11 is 0. The first-order chi connectivity index (χ1) is 2.00. The van der Waals surface area contributed by atoms with E-state index < -0.39 is 7.60 Å². The maximum atomic E-state index is 9.33. The minimum atomic E-state index is -3.64. The average molecular weight is 161 g/mol. The van der Waals surface area contributed by atoms with Gasteiger partial charge in [0, 0.05) is 26.1 Å². The van der Waals surface area contributed by atoms with Crippen LogP contribution in [0.5, 0.6) is 0 Å². The van der Waals surface area contributed by atoms with Gasteiger partial charge in [-0.3, -0.25) is 4.57 Å². The molecule has 0 aliphatic rings. The predicted octanol–water partition coefficient (Wildman–Crippen LogP) is -0.209. The fourth-order valence-corrected chi connectivity index (χ4v) is 0. The second kappa shape index (κ2) is 2.87. The van der Waals surface area contributed by atoms with Crippen LogP contribution >= 0.6 is 7.60 Å². The molecule has 2 N–H and O–H groups in total. The van der Waals surface area contributed by atoms with E-state index in [4.69, 9.17) is 9.79 Å². The summed E-state index contributed by atoms with van der Waals surface area (Å²) in [4.78, 5) is 15.3. The van der Waals surface area contributed by atoms with Crippen molar-refractivity contribution < 1.29 is 33.8 Å². The van der Waals surface area contributed by atoms with Crippen molar-refractivity contribution in [3.05, 3.63) is 0 Å². The molecule has 0 saturated carbocycles. The molecular formula is CH5O3PZn. The van der Waals surface area contributed by atoms with Gasteiger partial charge in [-0.2, -0.15) is 0 Å². The molecule has 0 aliphatic heterocycles. The van der Waals surface area contributed by atoms with Crippen LogP contribution < -0.4 is 0 Å². The van der Waals surface area contributed by atoms with E-state index in [-0.39, 0.29) is 19.5 Å². The molecule has 0 aliphatic carbocycles. The molecule has 6 heavy (non-hydrogen) atoms. The Morgan fingerprint density at radius 3 is 1.50 bits per heavy atom. The van der Waals surface area contributed by atoms with Crippen molar-refractivity contribution in [3.8, 4) is 0 Å². The Morgan fingerprint density at radius 1 is 1.50 bits per heavy atom. The summed E-state index contributed by atoms with van der Waals surface area (Å²) in [5, 5.41) is 0. The van der Waals surface area contributed by atoms with Crippen molar-refractivity contribution in [1.82, 2.24) is 0 Å². The molecule has 0 radical (unpaired) electrons. The minimum absolute atomic E-state index is 0. The molecule has 3 nitrogen and oxygen atoms in total. The van der Waals surface area contributed by atoms with Gasteiger partial charge in [-0.05, 0) is 0 Å². The Hall–Kier alpha value is 0.773. The standard InChI is InChI=1S/CH5O3P.Zn/c1-5(2,3)4;/h1H3,(H2,2,3,4);. The van der Waals surface area contributed by atoms with Gasteiger partial charge in [0.05, 0.1) is 0 Å². The van der Waals surface area contributed by atoms with Crippen molar-refractivity contribution >= 4 is 7.60 Å². The molecular weight excluding hydrogens is 156 g/mol. The molecule has 0 amide bonds. The second-order valence-electron chi connectivity index (χ2n) is 0.835. The molecule has 0 aromatic rings. The molecule has 0 fully saturated rings. The Kier molecular flexibility index (Phi) is 4.74. The Bertz CT molecular complexity index is 56.9. The van der Waals surface area contributed by atoms with Crippen molar-refractivity contribution in [2.75, 3.05) is 6.66 Å². The fourth-order valence-electron chi connectivity index (χ4n) is 0. The summed E-state index contributed by atoms with van der Waals surface area (Å²) in [6, 6.07) is 0. The zero-order valence-electron chi connectivity index (χ0n) is 3.46.